The van der Waals surface area contributed by atoms with Gasteiger partial charge in [-0.1, -0.05) is 0 Å². The van der Waals surface area contributed by atoms with Gasteiger partial charge in [0.25, 0.3) is 0 Å². The number of anilines is 1. The van der Waals surface area contributed by atoms with E-state index in [1.165, 1.54) is 12.3 Å². The summed E-state index contributed by atoms with van der Waals surface area (Å²) < 4.78 is 5.17. The van der Waals surface area contributed by atoms with Crippen molar-refractivity contribution in [1.29, 1.82) is 0 Å². The predicted octanol–water partition coefficient (Wildman–Crippen LogP) is 1.19. The van der Waals surface area contributed by atoms with Crippen LogP contribution < -0.4 is 5.32 Å². The Kier molecular flexibility index (Phi) is 2.77. The number of nitrogens with zero attached hydrogens (tertiary/aromatic N) is 2. The summed E-state index contributed by atoms with van der Waals surface area (Å²) in [5, 5.41) is 13.7. The highest BCUT2D eigenvalue weighted by atomic mass is 16.6. The first-order valence-corrected chi connectivity index (χ1v) is 4.71. The molecule has 0 spiro atoms. The largest absolute Gasteiger partial charge is 0.379 e. The van der Waals surface area contributed by atoms with Gasteiger partial charge in [-0.05, 0) is 12.5 Å². The molecule has 80 valence electrons. The second kappa shape index (κ2) is 4.22. The number of nitrogens with one attached hydrogen (secondary N) is 1. The molecule has 1 aliphatic rings. The second-order valence-corrected chi connectivity index (χ2v) is 3.33. The molecule has 0 aromatic carbocycles. The average Bonchev–Trinajstić information content (AvgIpc) is 2.71. The van der Waals surface area contributed by atoms with Crippen LogP contribution in [0.3, 0.4) is 0 Å². The van der Waals surface area contributed by atoms with Gasteiger partial charge < -0.3 is 10.1 Å². The van der Waals surface area contributed by atoms with E-state index in [0.29, 0.717) is 19.0 Å². The SMILES string of the molecule is O=[N+]([O-])c1cccnc1NC1CCOC1. The predicted molar refractivity (Wildman–Crippen MR) is 53.7 cm³/mol. The molecule has 1 N–H and O–H groups in total. The molecule has 1 saturated heterocycles. The Morgan fingerprint density at radius 2 is 2.53 bits per heavy atom. The van der Waals surface area contributed by atoms with Crippen molar-refractivity contribution in [2.75, 3.05) is 18.5 Å². The highest BCUT2D eigenvalue weighted by Crippen LogP contribution is 2.22. The quantitative estimate of drug-likeness (QED) is 0.597. The standard InChI is InChI=1S/C9H11N3O3/c13-12(14)8-2-1-4-10-9(8)11-7-3-5-15-6-7/h1-2,4,7H,3,5-6H2,(H,10,11). The summed E-state index contributed by atoms with van der Waals surface area (Å²) in [5.74, 6) is 0.318. The molecule has 0 aliphatic carbocycles. The lowest BCUT2D eigenvalue weighted by atomic mass is 10.2. The fourth-order valence-electron chi connectivity index (χ4n) is 1.50. The van der Waals surface area contributed by atoms with Crippen LogP contribution in [0.25, 0.3) is 0 Å². The summed E-state index contributed by atoms with van der Waals surface area (Å²) in [6, 6.07) is 3.11. The van der Waals surface area contributed by atoms with Crippen molar-refractivity contribution in [2.45, 2.75) is 12.5 Å². The third kappa shape index (κ3) is 2.21. The van der Waals surface area contributed by atoms with Crippen LogP contribution >= 0.6 is 0 Å². The van der Waals surface area contributed by atoms with Crippen molar-refractivity contribution >= 4 is 11.5 Å². The number of aromatic nitrogens is 1. The maximum absolute atomic E-state index is 10.7. The minimum Gasteiger partial charge on any atom is -0.379 e. The molecule has 0 saturated carbocycles. The maximum atomic E-state index is 10.7. The number of ether oxygens (including phenoxy) is 1. The summed E-state index contributed by atoms with van der Waals surface area (Å²) in [5.41, 5.74) is 0.00407. The van der Waals surface area contributed by atoms with E-state index in [2.05, 4.69) is 10.3 Å². The molecule has 15 heavy (non-hydrogen) atoms. The van der Waals surface area contributed by atoms with Crippen molar-refractivity contribution < 1.29 is 9.66 Å². The zero-order chi connectivity index (χ0) is 10.7. The van der Waals surface area contributed by atoms with Gasteiger partial charge in [0, 0.05) is 18.9 Å². The molecule has 1 unspecified atom stereocenters. The van der Waals surface area contributed by atoms with Crippen LogP contribution in [0, 0.1) is 10.1 Å². The maximum Gasteiger partial charge on any atom is 0.311 e. The monoisotopic (exact) mass is 209 g/mol. The average molecular weight is 209 g/mol. The van der Waals surface area contributed by atoms with Gasteiger partial charge in [0.1, 0.15) is 0 Å². The van der Waals surface area contributed by atoms with Gasteiger partial charge in [-0.25, -0.2) is 4.98 Å². The Labute approximate surface area is 86.4 Å². The Balaban J connectivity index is 2.15. The zero-order valence-corrected chi connectivity index (χ0v) is 8.05. The van der Waals surface area contributed by atoms with Crippen LogP contribution in [-0.2, 0) is 4.74 Å². The summed E-state index contributed by atoms with van der Waals surface area (Å²) >= 11 is 0. The van der Waals surface area contributed by atoms with E-state index < -0.39 is 4.92 Å². The number of hydrogen-bond acceptors (Lipinski definition) is 5. The summed E-state index contributed by atoms with van der Waals surface area (Å²) in [6.45, 7) is 1.27. The van der Waals surface area contributed by atoms with Gasteiger partial charge in [0.05, 0.1) is 17.6 Å². The molecule has 1 aromatic rings. The van der Waals surface area contributed by atoms with E-state index in [-0.39, 0.29) is 11.7 Å². The molecule has 0 radical (unpaired) electrons. The minimum absolute atomic E-state index is 0.00407. The molecule has 0 amide bonds. The molecule has 2 rings (SSSR count). The lowest BCUT2D eigenvalue weighted by Crippen LogP contribution is -2.20. The molecule has 1 atom stereocenters. The van der Waals surface area contributed by atoms with Crippen LogP contribution in [0.5, 0.6) is 0 Å². The number of pyridine rings is 1. The fourth-order valence-corrected chi connectivity index (χ4v) is 1.50. The Hall–Kier alpha value is -1.69. The van der Waals surface area contributed by atoms with Crippen molar-refractivity contribution in [1.82, 2.24) is 4.98 Å². The third-order valence-corrected chi connectivity index (χ3v) is 2.25. The van der Waals surface area contributed by atoms with Gasteiger partial charge >= 0.3 is 5.69 Å². The van der Waals surface area contributed by atoms with Gasteiger partial charge in [0.15, 0.2) is 0 Å². The second-order valence-electron chi connectivity index (χ2n) is 3.33. The lowest BCUT2D eigenvalue weighted by Gasteiger charge is -2.10. The van der Waals surface area contributed by atoms with Crippen LogP contribution in [0.15, 0.2) is 18.3 Å². The number of rotatable bonds is 3. The van der Waals surface area contributed by atoms with E-state index in [4.69, 9.17) is 4.74 Å². The molecular weight excluding hydrogens is 198 g/mol. The van der Waals surface area contributed by atoms with Crippen molar-refractivity contribution in [3.8, 4) is 0 Å². The van der Waals surface area contributed by atoms with Crippen LogP contribution in [0.1, 0.15) is 6.42 Å². The number of hydrogen-bond donors (Lipinski definition) is 1. The van der Waals surface area contributed by atoms with Crippen LogP contribution in [0.2, 0.25) is 0 Å². The van der Waals surface area contributed by atoms with E-state index in [1.807, 2.05) is 0 Å². The molecule has 1 fully saturated rings. The Bertz CT molecular complexity index is 363. The lowest BCUT2D eigenvalue weighted by molar-refractivity contribution is -0.384. The van der Waals surface area contributed by atoms with Crippen LogP contribution in [-0.4, -0.2) is 29.2 Å². The van der Waals surface area contributed by atoms with E-state index >= 15 is 0 Å². The van der Waals surface area contributed by atoms with Crippen molar-refractivity contribution in [3.63, 3.8) is 0 Å². The smallest absolute Gasteiger partial charge is 0.311 e. The normalized spacial score (nSPS) is 20.1. The van der Waals surface area contributed by atoms with Gasteiger partial charge in [-0.3, -0.25) is 10.1 Å². The van der Waals surface area contributed by atoms with Gasteiger partial charge in [-0.15, -0.1) is 0 Å². The van der Waals surface area contributed by atoms with Crippen LogP contribution in [0.4, 0.5) is 11.5 Å². The van der Waals surface area contributed by atoms with Crippen molar-refractivity contribution in [3.05, 3.63) is 28.4 Å². The topological polar surface area (TPSA) is 77.3 Å². The highest BCUT2D eigenvalue weighted by Gasteiger charge is 2.20. The first-order chi connectivity index (χ1) is 7.27. The van der Waals surface area contributed by atoms with Gasteiger partial charge in [-0.2, -0.15) is 0 Å². The number of nitro groups is 1. The Morgan fingerprint density at radius 1 is 1.67 bits per heavy atom. The first kappa shape index (κ1) is 9.85. The molecule has 6 heteroatoms. The minimum atomic E-state index is -0.439. The van der Waals surface area contributed by atoms with E-state index in [1.54, 1.807) is 6.07 Å². The molecule has 2 heterocycles. The van der Waals surface area contributed by atoms with Crippen molar-refractivity contribution in [2.24, 2.45) is 0 Å². The molecule has 0 bridgehead atoms. The third-order valence-electron chi connectivity index (χ3n) is 2.25. The Morgan fingerprint density at radius 3 is 3.20 bits per heavy atom. The summed E-state index contributed by atoms with van der Waals surface area (Å²) in [7, 11) is 0. The highest BCUT2D eigenvalue weighted by molar-refractivity contribution is 5.55. The molecular formula is C9H11N3O3. The van der Waals surface area contributed by atoms with E-state index in [9.17, 15) is 10.1 Å². The first-order valence-electron chi connectivity index (χ1n) is 4.71. The molecule has 1 aromatic heterocycles. The van der Waals surface area contributed by atoms with E-state index in [0.717, 1.165) is 6.42 Å². The molecule has 6 nitrogen and oxygen atoms in total. The molecule has 1 aliphatic heterocycles. The fraction of sp³-hybridized carbons (Fsp3) is 0.444. The summed E-state index contributed by atoms with van der Waals surface area (Å²) in [4.78, 5) is 14.2. The van der Waals surface area contributed by atoms with Gasteiger partial charge in [0.2, 0.25) is 5.82 Å². The summed E-state index contributed by atoms with van der Waals surface area (Å²) in [6.07, 6.45) is 2.39. The zero-order valence-electron chi connectivity index (χ0n) is 8.05.